The van der Waals surface area contributed by atoms with Crippen molar-refractivity contribution in [2.24, 2.45) is 0 Å². The van der Waals surface area contributed by atoms with Gasteiger partial charge in [-0.15, -0.1) is 0 Å². The van der Waals surface area contributed by atoms with Gasteiger partial charge in [-0.2, -0.15) is 0 Å². The summed E-state index contributed by atoms with van der Waals surface area (Å²) in [4.78, 5) is 36.0. The topological polar surface area (TPSA) is 113 Å². The molecule has 0 radical (unpaired) electrons. The van der Waals surface area contributed by atoms with Crippen LogP contribution in [0, 0.1) is 17.0 Å². The molecule has 2 aromatic rings. The number of aromatic hydroxyl groups is 1. The van der Waals surface area contributed by atoms with Crippen LogP contribution in [0.25, 0.3) is 10.9 Å². The first-order valence-electron chi connectivity index (χ1n) is 5.06. The van der Waals surface area contributed by atoms with E-state index in [0.717, 1.165) is 0 Å². The van der Waals surface area contributed by atoms with Crippen molar-refractivity contribution < 1.29 is 10.0 Å². The lowest BCUT2D eigenvalue weighted by molar-refractivity contribution is -0.383. The third-order valence-corrected chi connectivity index (χ3v) is 3.59. The summed E-state index contributed by atoms with van der Waals surface area (Å²) in [6.07, 6.45) is 0. The van der Waals surface area contributed by atoms with Crippen LogP contribution in [0.3, 0.4) is 0 Å². The van der Waals surface area contributed by atoms with E-state index in [1.165, 1.54) is 6.07 Å². The minimum atomic E-state index is -0.972. The number of nitro groups is 1. The third kappa shape index (κ3) is 2.10. The number of hydrogen-bond donors (Lipinski definition) is 2. The van der Waals surface area contributed by atoms with Gasteiger partial charge < -0.3 is 10.1 Å². The average molecular weight is 327 g/mol. The minimum Gasteiger partial charge on any atom is -0.504 e. The Balaban J connectivity index is 3.27. The molecule has 0 aliphatic carbocycles. The summed E-state index contributed by atoms with van der Waals surface area (Å²) >= 11 is 3.04. The lowest BCUT2D eigenvalue weighted by Gasteiger charge is -2.02. The molecule has 0 unspecified atom stereocenters. The highest BCUT2D eigenvalue weighted by Crippen LogP contribution is 2.33. The Bertz CT molecular complexity index is 828. The fourth-order valence-corrected chi connectivity index (χ4v) is 2.22. The molecule has 0 aliphatic rings. The van der Waals surface area contributed by atoms with Crippen molar-refractivity contribution in [1.29, 1.82) is 0 Å². The number of rotatable bonds is 1. The first-order valence-corrected chi connectivity index (χ1v) is 5.86. The molecule has 0 aliphatic heterocycles. The molecule has 0 fully saturated rings. The van der Waals surface area contributed by atoms with Gasteiger partial charge in [0, 0.05) is 6.07 Å². The highest BCUT2D eigenvalue weighted by atomic mass is 79.9. The normalized spacial score (nSPS) is 10.6. The number of nitrogens with one attached hydrogen (secondary N) is 1. The first-order chi connectivity index (χ1) is 8.82. The van der Waals surface area contributed by atoms with Gasteiger partial charge in [0.15, 0.2) is 5.75 Å². The average Bonchev–Trinajstić information content (AvgIpc) is 2.39. The van der Waals surface area contributed by atoms with Crippen LogP contribution in [-0.2, 0) is 0 Å². The summed E-state index contributed by atoms with van der Waals surface area (Å²) in [6, 6.07) is 2.12. The lowest BCUT2D eigenvalue weighted by atomic mass is 10.1. The van der Waals surface area contributed by atoms with Crippen LogP contribution in [0.2, 0.25) is 0 Å². The second-order valence-electron chi connectivity index (χ2n) is 3.88. The van der Waals surface area contributed by atoms with E-state index in [2.05, 4.69) is 20.9 Å². The van der Waals surface area contributed by atoms with Gasteiger partial charge in [-0.05, 0) is 34.5 Å². The van der Waals surface area contributed by atoms with E-state index in [1.807, 2.05) is 0 Å². The van der Waals surface area contributed by atoms with Crippen molar-refractivity contribution in [3.05, 3.63) is 52.9 Å². The van der Waals surface area contributed by atoms with Gasteiger partial charge in [0.05, 0.1) is 14.9 Å². The maximum atomic E-state index is 11.9. The lowest BCUT2D eigenvalue weighted by Crippen LogP contribution is -2.03. The molecular weight excluding hydrogens is 320 g/mol. The Hall–Kier alpha value is -2.22. The largest absolute Gasteiger partial charge is 0.504 e. The molecule has 0 amide bonds. The summed E-state index contributed by atoms with van der Waals surface area (Å²) in [5.41, 5.74) is -1.69. The number of nitrogens with zero attached hydrogens (tertiary/aromatic N) is 1. The van der Waals surface area contributed by atoms with Gasteiger partial charge in [-0.25, -0.2) is 0 Å². The number of aromatic nitrogens is 1. The van der Waals surface area contributed by atoms with Crippen LogP contribution < -0.4 is 11.0 Å². The highest BCUT2D eigenvalue weighted by molar-refractivity contribution is 9.10. The molecule has 1 heterocycles. The predicted octanol–water partition coefficient (Wildman–Crippen LogP) is 1.57. The molecule has 2 rings (SSSR count). The molecule has 2 N–H and O–H groups in total. The van der Waals surface area contributed by atoms with Crippen LogP contribution in [0.1, 0.15) is 5.56 Å². The maximum Gasteiger partial charge on any atom is 0.297 e. The quantitative estimate of drug-likeness (QED) is 0.610. The van der Waals surface area contributed by atoms with Crippen molar-refractivity contribution in [3.8, 4) is 5.75 Å². The second-order valence-corrected chi connectivity index (χ2v) is 4.68. The van der Waals surface area contributed by atoms with Crippen molar-refractivity contribution in [2.75, 3.05) is 0 Å². The van der Waals surface area contributed by atoms with Gasteiger partial charge in [-0.1, -0.05) is 0 Å². The van der Waals surface area contributed by atoms with Crippen LogP contribution in [-0.4, -0.2) is 15.0 Å². The Morgan fingerprint density at radius 2 is 2.00 bits per heavy atom. The molecule has 0 bridgehead atoms. The molecule has 8 heteroatoms. The van der Waals surface area contributed by atoms with Gasteiger partial charge >= 0.3 is 0 Å². The van der Waals surface area contributed by atoms with Gasteiger partial charge in [-0.3, -0.25) is 19.7 Å². The number of fused-ring (bicyclic) bond motifs is 1. The predicted molar refractivity (Wildman–Crippen MR) is 71.6 cm³/mol. The molecule has 0 saturated heterocycles. The van der Waals surface area contributed by atoms with E-state index in [0.29, 0.717) is 11.6 Å². The number of benzene rings is 1. The molecule has 1 aromatic heterocycles. The monoisotopic (exact) mass is 326 g/mol. The number of hydrogen-bond acceptors (Lipinski definition) is 5. The molecule has 0 spiro atoms. The fourth-order valence-electron chi connectivity index (χ4n) is 1.76. The summed E-state index contributed by atoms with van der Waals surface area (Å²) in [5, 5.41) is 20.2. The molecule has 7 nitrogen and oxygen atoms in total. The molecule has 1 aromatic carbocycles. The summed E-state index contributed by atoms with van der Waals surface area (Å²) in [5.74, 6) is -0.838. The van der Waals surface area contributed by atoms with Gasteiger partial charge in [0.2, 0.25) is 5.43 Å². The fraction of sp³-hybridized carbons (Fsp3) is 0.0909. The number of nitro benzene ring substituents is 1. The number of aryl methyl sites for hydroxylation is 1. The van der Waals surface area contributed by atoms with Crippen molar-refractivity contribution in [2.45, 2.75) is 6.92 Å². The van der Waals surface area contributed by atoms with Crippen LogP contribution in [0.4, 0.5) is 5.69 Å². The zero-order valence-corrected chi connectivity index (χ0v) is 11.1. The van der Waals surface area contributed by atoms with Gasteiger partial charge in [0.1, 0.15) is 5.39 Å². The van der Waals surface area contributed by atoms with E-state index < -0.39 is 27.3 Å². The number of halogens is 1. The van der Waals surface area contributed by atoms with Crippen LogP contribution in [0.15, 0.2) is 26.2 Å². The zero-order valence-electron chi connectivity index (χ0n) is 9.56. The van der Waals surface area contributed by atoms with Crippen molar-refractivity contribution in [3.63, 3.8) is 0 Å². The van der Waals surface area contributed by atoms with Gasteiger partial charge in [0.25, 0.3) is 11.2 Å². The van der Waals surface area contributed by atoms with Crippen molar-refractivity contribution >= 4 is 32.5 Å². The molecule has 19 heavy (non-hydrogen) atoms. The van der Waals surface area contributed by atoms with E-state index >= 15 is 0 Å². The smallest absolute Gasteiger partial charge is 0.297 e. The van der Waals surface area contributed by atoms with E-state index in [1.54, 1.807) is 6.92 Å². The highest BCUT2D eigenvalue weighted by Gasteiger charge is 2.23. The SMILES string of the molecule is Cc1cc2[nH]c(=O)cc(O)c(=O)c2c([N+](=O)[O-])c1Br. The molecular formula is C11H7BrN2O5. The maximum absolute atomic E-state index is 11.9. The van der Waals surface area contributed by atoms with E-state index in [9.17, 15) is 24.8 Å². The molecule has 98 valence electrons. The van der Waals surface area contributed by atoms with E-state index in [-0.39, 0.29) is 15.4 Å². The first kappa shape index (κ1) is 13.2. The summed E-state index contributed by atoms with van der Waals surface area (Å²) < 4.78 is 0.133. The minimum absolute atomic E-state index is 0.00250. The van der Waals surface area contributed by atoms with Crippen molar-refractivity contribution in [1.82, 2.24) is 4.98 Å². The van der Waals surface area contributed by atoms with Crippen LogP contribution in [0.5, 0.6) is 5.75 Å². The zero-order chi connectivity index (χ0) is 14.3. The van der Waals surface area contributed by atoms with E-state index in [4.69, 9.17) is 0 Å². The summed E-state index contributed by atoms with van der Waals surface area (Å²) in [6.45, 7) is 1.59. The number of H-pyrrole nitrogens is 1. The number of aromatic amines is 1. The summed E-state index contributed by atoms with van der Waals surface area (Å²) in [7, 11) is 0. The Morgan fingerprint density at radius 3 is 2.58 bits per heavy atom. The molecule has 0 atom stereocenters. The Labute approximate surface area is 113 Å². The third-order valence-electron chi connectivity index (χ3n) is 2.59. The van der Waals surface area contributed by atoms with Crippen LogP contribution >= 0.6 is 15.9 Å². The second kappa shape index (κ2) is 4.47. The standard InChI is InChI=1S/C11H7BrN2O5/c1-4-2-5-8(10(9(4)12)14(18)19)11(17)6(15)3-7(16)13-5/h2-3H,1H3,(H,13,16)(H,15,17). The Morgan fingerprint density at radius 1 is 1.37 bits per heavy atom. The Kier molecular flexibility index (Phi) is 3.11. The molecule has 0 saturated carbocycles.